The van der Waals surface area contributed by atoms with Crippen LogP contribution in [0.25, 0.3) is 0 Å². The molecule has 1 atom stereocenters. The molecule has 0 bridgehead atoms. The third-order valence-corrected chi connectivity index (χ3v) is 1.82. The second-order valence-electron chi connectivity index (χ2n) is 3.05. The number of rotatable bonds is 4. The van der Waals surface area contributed by atoms with Gasteiger partial charge in [-0.2, -0.15) is 0 Å². The van der Waals surface area contributed by atoms with Gasteiger partial charge in [0.25, 0.3) is 0 Å². The van der Waals surface area contributed by atoms with E-state index in [-0.39, 0.29) is 11.9 Å². The maximum atomic E-state index is 11.2. The summed E-state index contributed by atoms with van der Waals surface area (Å²) in [5.41, 5.74) is 0. The number of amides is 1. The van der Waals surface area contributed by atoms with Gasteiger partial charge in [0, 0.05) is 6.42 Å². The summed E-state index contributed by atoms with van der Waals surface area (Å²) in [4.78, 5) is 11.2. The Labute approximate surface area is 78.1 Å². The number of hydrogen-bond donors (Lipinski definition) is 1. The highest BCUT2D eigenvalue weighted by atomic mass is 16.3. The van der Waals surface area contributed by atoms with E-state index in [0.717, 1.165) is 12.2 Å². The second kappa shape index (κ2) is 4.70. The van der Waals surface area contributed by atoms with Gasteiger partial charge in [-0.15, -0.1) is 0 Å². The van der Waals surface area contributed by atoms with Crippen molar-refractivity contribution in [1.29, 1.82) is 0 Å². The Kier molecular flexibility index (Phi) is 3.55. The molecule has 0 aliphatic heterocycles. The van der Waals surface area contributed by atoms with Crippen molar-refractivity contribution in [1.82, 2.24) is 5.32 Å². The predicted molar refractivity (Wildman–Crippen MR) is 50.2 cm³/mol. The molecule has 0 aliphatic rings. The summed E-state index contributed by atoms with van der Waals surface area (Å²) in [7, 11) is 0. The van der Waals surface area contributed by atoms with Gasteiger partial charge in [-0.25, -0.2) is 0 Å². The molecule has 1 rings (SSSR count). The Balaban J connectivity index is 2.42. The van der Waals surface area contributed by atoms with E-state index in [9.17, 15) is 4.79 Å². The van der Waals surface area contributed by atoms with Crippen LogP contribution in [0.15, 0.2) is 22.8 Å². The van der Waals surface area contributed by atoms with Crippen molar-refractivity contribution in [3.8, 4) is 0 Å². The number of hydrogen-bond acceptors (Lipinski definition) is 2. The van der Waals surface area contributed by atoms with E-state index in [2.05, 4.69) is 5.32 Å². The summed E-state index contributed by atoms with van der Waals surface area (Å²) in [6.07, 6.45) is 3.06. The molecule has 72 valence electrons. The molecule has 0 aliphatic carbocycles. The summed E-state index contributed by atoms with van der Waals surface area (Å²) in [6.45, 7) is 3.89. The molecule has 3 heteroatoms. The Bertz CT molecular complexity index is 254. The molecule has 1 unspecified atom stereocenters. The second-order valence-corrected chi connectivity index (χ2v) is 3.05. The third-order valence-electron chi connectivity index (χ3n) is 1.82. The van der Waals surface area contributed by atoms with Crippen LogP contribution < -0.4 is 5.32 Å². The molecule has 0 fully saturated rings. The molecular formula is C10H15NO2. The van der Waals surface area contributed by atoms with Crippen LogP contribution in [0.5, 0.6) is 0 Å². The SMILES string of the molecule is CCCC(=O)NC(C)c1ccco1. The molecule has 1 heterocycles. The first-order chi connectivity index (χ1) is 6.24. The highest BCUT2D eigenvalue weighted by Crippen LogP contribution is 2.12. The maximum absolute atomic E-state index is 11.2. The summed E-state index contributed by atoms with van der Waals surface area (Å²) in [5.74, 6) is 0.871. The quantitative estimate of drug-likeness (QED) is 0.774. The van der Waals surface area contributed by atoms with Crippen molar-refractivity contribution in [2.24, 2.45) is 0 Å². The van der Waals surface area contributed by atoms with Gasteiger partial charge in [0.1, 0.15) is 5.76 Å². The van der Waals surface area contributed by atoms with Crippen molar-refractivity contribution < 1.29 is 9.21 Å². The summed E-state index contributed by atoms with van der Waals surface area (Å²) < 4.78 is 5.16. The van der Waals surface area contributed by atoms with Crippen molar-refractivity contribution in [2.45, 2.75) is 32.7 Å². The lowest BCUT2D eigenvalue weighted by Crippen LogP contribution is -2.25. The van der Waals surface area contributed by atoms with E-state index in [1.165, 1.54) is 0 Å². The highest BCUT2D eigenvalue weighted by molar-refractivity contribution is 5.76. The first kappa shape index (κ1) is 9.84. The molecule has 1 amide bonds. The smallest absolute Gasteiger partial charge is 0.220 e. The van der Waals surface area contributed by atoms with Gasteiger partial charge < -0.3 is 9.73 Å². The molecule has 0 saturated carbocycles. The van der Waals surface area contributed by atoms with Gasteiger partial charge in [-0.05, 0) is 25.5 Å². The highest BCUT2D eigenvalue weighted by Gasteiger charge is 2.10. The first-order valence-electron chi connectivity index (χ1n) is 4.56. The number of nitrogens with one attached hydrogen (secondary N) is 1. The fourth-order valence-corrected chi connectivity index (χ4v) is 1.15. The summed E-state index contributed by atoms with van der Waals surface area (Å²) >= 11 is 0. The number of furan rings is 1. The first-order valence-corrected chi connectivity index (χ1v) is 4.56. The van der Waals surface area contributed by atoms with Gasteiger partial charge in [-0.3, -0.25) is 4.79 Å². The van der Waals surface area contributed by atoms with Crippen LogP contribution in [0.2, 0.25) is 0 Å². The number of carbonyl (C=O) groups is 1. The Morgan fingerprint density at radius 2 is 2.46 bits per heavy atom. The van der Waals surface area contributed by atoms with E-state index in [0.29, 0.717) is 6.42 Å². The normalized spacial score (nSPS) is 12.5. The molecule has 1 N–H and O–H groups in total. The monoisotopic (exact) mass is 181 g/mol. The summed E-state index contributed by atoms with van der Waals surface area (Å²) in [6, 6.07) is 3.64. The summed E-state index contributed by atoms with van der Waals surface area (Å²) in [5, 5.41) is 2.85. The van der Waals surface area contributed by atoms with Crippen LogP contribution in [-0.2, 0) is 4.79 Å². The zero-order valence-electron chi connectivity index (χ0n) is 8.04. The number of carbonyl (C=O) groups excluding carboxylic acids is 1. The average molecular weight is 181 g/mol. The molecule has 0 spiro atoms. The van der Waals surface area contributed by atoms with Crippen LogP contribution in [-0.4, -0.2) is 5.91 Å². The van der Waals surface area contributed by atoms with Crippen molar-refractivity contribution in [2.75, 3.05) is 0 Å². The molecule has 0 aromatic carbocycles. The lowest BCUT2D eigenvalue weighted by atomic mass is 10.2. The molecule has 1 aromatic rings. The Morgan fingerprint density at radius 1 is 1.69 bits per heavy atom. The lowest BCUT2D eigenvalue weighted by Gasteiger charge is -2.10. The minimum absolute atomic E-state index is 0.0333. The molecule has 13 heavy (non-hydrogen) atoms. The predicted octanol–water partition coefficient (Wildman–Crippen LogP) is 2.26. The van der Waals surface area contributed by atoms with E-state index in [4.69, 9.17) is 4.42 Å². The van der Waals surface area contributed by atoms with Gasteiger partial charge in [0.2, 0.25) is 5.91 Å². The van der Waals surface area contributed by atoms with E-state index in [1.807, 2.05) is 26.0 Å². The van der Waals surface area contributed by atoms with Gasteiger partial charge in [0.15, 0.2) is 0 Å². The molecular weight excluding hydrogens is 166 g/mol. The van der Waals surface area contributed by atoms with Gasteiger partial charge in [-0.1, -0.05) is 6.92 Å². The van der Waals surface area contributed by atoms with Crippen molar-refractivity contribution in [3.05, 3.63) is 24.2 Å². The standard InChI is InChI=1S/C10H15NO2/c1-3-5-10(12)11-8(2)9-6-4-7-13-9/h4,6-8H,3,5H2,1-2H3,(H,11,12). The maximum Gasteiger partial charge on any atom is 0.220 e. The Hall–Kier alpha value is -1.25. The minimum Gasteiger partial charge on any atom is -0.467 e. The minimum atomic E-state index is -0.0333. The van der Waals surface area contributed by atoms with Gasteiger partial charge >= 0.3 is 0 Å². The van der Waals surface area contributed by atoms with E-state index >= 15 is 0 Å². The zero-order valence-corrected chi connectivity index (χ0v) is 8.04. The van der Waals surface area contributed by atoms with Crippen LogP contribution in [0.4, 0.5) is 0 Å². The zero-order chi connectivity index (χ0) is 9.68. The Morgan fingerprint density at radius 3 is 3.00 bits per heavy atom. The average Bonchev–Trinajstić information content (AvgIpc) is 2.55. The van der Waals surface area contributed by atoms with Crippen molar-refractivity contribution in [3.63, 3.8) is 0 Å². The molecule has 0 radical (unpaired) electrons. The van der Waals surface area contributed by atoms with Crippen LogP contribution in [0, 0.1) is 0 Å². The van der Waals surface area contributed by atoms with Crippen LogP contribution in [0.3, 0.4) is 0 Å². The van der Waals surface area contributed by atoms with E-state index < -0.39 is 0 Å². The van der Waals surface area contributed by atoms with E-state index in [1.54, 1.807) is 6.26 Å². The fourth-order valence-electron chi connectivity index (χ4n) is 1.15. The molecule has 1 aromatic heterocycles. The fraction of sp³-hybridized carbons (Fsp3) is 0.500. The third kappa shape index (κ3) is 2.93. The lowest BCUT2D eigenvalue weighted by molar-refractivity contribution is -0.121. The topological polar surface area (TPSA) is 42.2 Å². The van der Waals surface area contributed by atoms with Crippen LogP contribution >= 0.6 is 0 Å². The van der Waals surface area contributed by atoms with Crippen molar-refractivity contribution >= 4 is 5.91 Å². The molecule has 3 nitrogen and oxygen atoms in total. The largest absolute Gasteiger partial charge is 0.467 e. The molecule has 0 saturated heterocycles. The van der Waals surface area contributed by atoms with Gasteiger partial charge in [0.05, 0.1) is 12.3 Å². The van der Waals surface area contributed by atoms with Crippen LogP contribution in [0.1, 0.15) is 38.5 Å².